The summed E-state index contributed by atoms with van der Waals surface area (Å²) in [6, 6.07) is 13.6. The van der Waals surface area contributed by atoms with Crippen LogP contribution >= 0.6 is 0 Å². The first kappa shape index (κ1) is 20.1. The fraction of sp³-hybridized carbons (Fsp3) is 0.435. The molecular weight excluding hydrogens is 348 g/mol. The molecule has 3 aromatic rings. The van der Waals surface area contributed by atoms with Gasteiger partial charge in [0.25, 0.3) is 5.91 Å². The minimum absolute atomic E-state index is 0.0845. The number of nitrogens with zero attached hydrogens (tertiary/aromatic N) is 4. The van der Waals surface area contributed by atoms with Gasteiger partial charge in [-0.15, -0.1) is 0 Å². The van der Waals surface area contributed by atoms with Gasteiger partial charge in [0.05, 0.1) is 17.6 Å². The second-order valence-electron chi connectivity index (χ2n) is 7.31. The number of rotatable bonds is 10. The van der Waals surface area contributed by atoms with Gasteiger partial charge in [-0.3, -0.25) is 9.78 Å². The largest absolute Gasteiger partial charge is 0.333 e. The molecule has 28 heavy (non-hydrogen) atoms. The van der Waals surface area contributed by atoms with Crippen LogP contribution in [0.25, 0.3) is 11.0 Å². The number of hydrogen-bond donors (Lipinski definition) is 0. The van der Waals surface area contributed by atoms with Crippen molar-refractivity contribution in [1.82, 2.24) is 19.4 Å². The van der Waals surface area contributed by atoms with Crippen LogP contribution in [0.3, 0.4) is 0 Å². The zero-order chi connectivity index (χ0) is 19.8. The summed E-state index contributed by atoms with van der Waals surface area (Å²) < 4.78 is 2.28. The first-order valence-electron chi connectivity index (χ1n) is 10.3. The highest BCUT2D eigenvalue weighted by Gasteiger charge is 2.17. The normalized spacial score (nSPS) is 11.1. The standard InChI is InChI=1S/C23H30N4O/c1-3-4-5-6-7-12-17-27-21-15-9-8-13-19(21)25-22(27)18-26(2)23(28)20-14-10-11-16-24-20/h8-11,13-16H,3-7,12,17-18H2,1-2H3. The van der Waals surface area contributed by atoms with Crippen LogP contribution in [0.4, 0.5) is 0 Å². The van der Waals surface area contributed by atoms with Crippen molar-refractivity contribution in [3.63, 3.8) is 0 Å². The summed E-state index contributed by atoms with van der Waals surface area (Å²) in [5.41, 5.74) is 2.59. The topological polar surface area (TPSA) is 51.0 Å². The second kappa shape index (κ2) is 10.0. The molecule has 5 heteroatoms. The van der Waals surface area contributed by atoms with E-state index in [1.54, 1.807) is 17.2 Å². The Morgan fingerprint density at radius 1 is 1.00 bits per heavy atom. The van der Waals surface area contributed by atoms with E-state index in [1.165, 1.54) is 32.1 Å². The molecule has 0 saturated carbocycles. The monoisotopic (exact) mass is 378 g/mol. The highest BCUT2D eigenvalue weighted by molar-refractivity contribution is 5.92. The molecule has 148 valence electrons. The maximum Gasteiger partial charge on any atom is 0.272 e. The average Bonchev–Trinajstić information content (AvgIpc) is 3.07. The van der Waals surface area contributed by atoms with Crippen LogP contribution < -0.4 is 0 Å². The number of carbonyl (C=O) groups is 1. The van der Waals surface area contributed by atoms with Gasteiger partial charge in [0.1, 0.15) is 11.5 Å². The quantitative estimate of drug-likeness (QED) is 0.463. The molecule has 0 aliphatic carbocycles. The number of hydrogen-bond acceptors (Lipinski definition) is 3. The highest BCUT2D eigenvalue weighted by Crippen LogP contribution is 2.19. The highest BCUT2D eigenvalue weighted by atomic mass is 16.2. The number of imidazole rings is 1. The molecule has 0 unspecified atom stereocenters. The van der Waals surface area contributed by atoms with E-state index in [0.29, 0.717) is 12.2 Å². The summed E-state index contributed by atoms with van der Waals surface area (Å²) >= 11 is 0. The lowest BCUT2D eigenvalue weighted by Crippen LogP contribution is -2.28. The Balaban J connectivity index is 1.72. The molecular formula is C23H30N4O. The van der Waals surface area contributed by atoms with Gasteiger partial charge in [-0.05, 0) is 30.7 Å². The van der Waals surface area contributed by atoms with E-state index in [2.05, 4.69) is 22.5 Å². The molecule has 0 atom stereocenters. The lowest BCUT2D eigenvalue weighted by Gasteiger charge is -2.17. The van der Waals surface area contributed by atoms with Gasteiger partial charge in [-0.1, -0.05) is 57.2 Å². The predicted octanol–water partition coefficient (Wildman–Crippen LogP) is 5.06. The van der Waals surface area contributed by atoms with E-state index in [-0.39, 0.29) is 5.91 Å². The van der Waals surface area contributed by atoms with Gasteiger partial charge in [-0.2, -0.15) is 0 Å². The smallest absolute Gasteiger partial charge is 0.272 e. The van der Waals surface area contributed by atoms with Crippen molar-refractivity contribution in [2.24, 2.45) is 0 Å². The molecule has 0 N–H and O–H groups in total. The van der Waals surface area contributed by atoms with Gasteiger partial charge in [0, 0.05) is 19.8 Å². The molecule has 0 bridgehead atoms. The fourth-order valence-electron chi connectivity index (χ4n) is 3.51. The number of amides is 1. The molecule has 1 aromatic carbocycles. The molecule has 2 heterocycles. The minimum atomic E-state index is -0.0845. The molecule has 3 rings (SSSR count). The van der Waals surface area contributed by atoms with Crippen LogP contribution in [0.5, 0.6) is 0 Å². The molecule has 0 aliphatic heterocycles. The Kier molecular flexibility index (Phi) is 7.18. The van der Waals surface area contributed by atoms with Crippen molar-refractivity contribution in [2.45, 2.75) is 58.5 Å². The predicted molar refractivity (Wildman–Crippen MR) is 113 cm³/mol. The van der Waals surface area contributed by atoms with Gasteiger partial charge in [-0.25, -0.2) is 4.98 Å². The first-order chi connectivity index (χ1) is 13.7. The van der Waals surface area contributed by atoms with Gasteiger partial charge < -0.3 is 9.47 Å². The van der Waals surface area contributed by atoms with Crippen LogP contribution in [-0.2, 0) is 13.1 Å². The molecule has 2 aromatic heterocycles. The van der Waals surface area contributed by atoms with Crippen molar-refractivity contribution >= 4 is 16.9 Å². The van der Waals surface area contributed by atoms with Gasteiger partial charge in [0.15, 0.2) is 0 Å². The molecule has 0 saturated heterocycles. The third-order valence-corrected chi connectivity index (χ3v) is 5.08. The van der Waals surface area contributed by atoms with Crippen molar-refractivity contribution in [2.75, 3.05) is 7.05 Å². The molecule has 0 radical (unpaired) electrons. The summed E-state index contributed by atoms with van der Waals surface area (Å²) in [5, 5.41) is 0. The minimum Gasteiger partial charge on any atom is -0.333 e. The van der Waals surface area contributed by atoms with Crippen LogP contribution in [0, 0.1) is 0 Å². The number of aromatic nitrogens is 3. The number of unbranched alkanes of at least 4 members (excludes halogenated alkanes) is 5. The summed E-state index contributed by atoms with van der Waals surface area (Å²) in [7, 11) is 1.81. The Morgan fingerprint density at radius 3 is 2.54 bits per heavy atom. The number of fused-ring (bicyclic) bond motifs is 1. The third-order valence-electron chi connectivity index (χ3n) is 5.08. The third kappa shape index (κ3) is 4.97. The maximum atomic E-state index is 12.7. The van der Waals surface area contributed by atoms with Crippen molar-refractivity contribution in [1.29, 1.82) is 0 Å². The first-order valence-corrected chi connectivity index (χ1v) is 10.3. The molecule has 0 aliphatic rings. The molecule has 0 spiro atoms. The lowest BCUT2D eigenvalue weighted by molar-refractivity contribution is 0.0774. The van der Waals surface area contributed by atoms with Crippen LogP contribution in [0.1, 0.15) is 61.8 Å². The average molecular weight is 379 g/mol. The summed E-state index contributed by atoms with van der Waals surface area (Å²) in [5.74, 6) is 0.848. The Hall–Kier alpha value is -2.69. The van der Waals surface area contributed by atoms with E-state index in [4.69, 9.17) is 4.98 Å². The summed E-state index contributed by atoms with van der Waals surface area (Å²) in [6.45, 7) is 3.65. The van der Waals surface area contributed by atoms with E-state index in [0.717, 1.165) is 29.8 Å². The van der Waals surface area contributed by atoms with Crippen molar-refractivity contribution in [3.8, 4) is 0 Å². The van der Waals surface area contributed by atoms with Crippen LogP contribution in [0.2, 0.25) is 0 Å². The maximum absolute atomic E-state index is 12.7. The van der Waals surface area contributed by atoms with E-state index >= 15 is 0 Å². The Bertz CT molecular complexity index is 888. The summed E-state index contributed by atoms with van der Waals surface area (Å²) in [4.78, 5) is 23.3. The van der Waals surface area contributed by atoms with Crippen LogP contribution in [0.15, 0.2) is 48.7 Å². The van der Waals surface area contributed by atoms with E-state index in [9.17, 15) is 4.79 Å². The number of para-hydroxylation sites is 2. The van der Waals surface area contributed by atoms with Crippen molar-refractivity contribution in [3.05, 3.63) is 60.2 Å². The number of aryl methyl sites for hydroxylation is 1. The Labute approximate surface area is 167 Å². The van der Waals surface area contributed by atoms with Crippen molar-refractivity contribution < 1.29 is 4.79 Å². The molecule has 1 amide bonds. The second-order valence-corrected chi connectivity index (χ2v) is 7.31. The van der Waals surface area contributed by atoms with Gasteiger partial charge >= 0.3 is 0 Å². The zero-order valence-corrected chi connectivity index (χ0v) is 17.0. The summed E-state index contributed by atoms with van der Waals surface area (Å²) in [6.07, 6.45) is 9.20. The number of carbonyl (C=O) groups excluding carboxylic acids is 1. The fourth-order valence-corrected chi connectivity index (χ4v) is 3.51. The lowest BCUT2D eigenvalue weighted by atomic mass is 10.1. The Morgan fingerprint density at radius 2 is 1.75 bits per heavy atom. The number of benzene rings is 1. The van der Waals surface area contributed by atoms with E-state index in [1.807, 2.05) is 37.4 Å². The molecule has 5 nitrogen and oxygen atoms in total. The number of pyridine rings is 1. The zero-order valence-electron chi connectivity index (χ0n) is 17.0. The molecule has 0 fully saturated rings. The van der Waals surface area contributed by atoms with Gasteiger partial charge in [0.2, 0.25) is 0 Å². The van der Waals surface area contributed by atoms with E-state index < -0.39 is 0 Å². The van der Waals surface area contributed by atoms with Crippen LogP contribution in [-0.4, -0.2) is 32.4 Å². The SMILES string of the molecule is CCCCCCCCn1c(CN(C)C(=O)c2ccccn2)nc2ccccc21.